The Bertz CT molecular complexity index is 764. The molecule has 2 atom stereocenters. The van der Waals surface area contributed by atoms with Gasteiger partial charge in [-0.25, -0.2) is 4.98 Å². The van der Waals surface area contributed by atoms with E-state index in [0.717, 1.165) is 6.07 Å². The second kappa shape index (κ2) is 7.58. The van der Waals surface area contributed by atoms with E-state index in [-0.39, 0.29) is 29.3 Å². The Hall–Kier alpha value is -2.58. The number of aromatic amines is 1. The van der Waals surface area contributed by atoms with Gasteiger partial charge >= 0.3 is 6.18 Å². The molecule has 2 fully saturated rings. The van der Waals surface area contributed by atoms with Crippen LogP contribution >= 0.6 is 0 Å². The quantitative estimate of drug-likeness (QED) is 0.868. The first-order valence-electron chi connectivity index (χ1n) is 8.99. The van der Waals surface area contributed by atoms with E-state index in [1.54, 1.807) is 15.9 Å². The maximum atomic E-state index is 13.2. The molecule has 2 aromatic rings. The van der Waals surface area contributed by atoms with Crippen LogP contribution in [0.15, 0.2) is 30.6 Å². The minimum atomic E-state index is -4.37. The fourth-order valence-electron chi connectivity index (χ4n) is 3.80. The summed E-state index contributed by atoms with van der Waals surface area (Å²) < 4.78 is 39.7. The van der Waals surface area contributed by atoms with Crippen LogP contribution in [0, 0.1) is 11.8 Å². The van der Waals surface area contributed by atoms with E-state index in [1.165, 1.54) is 18.5 Å². The number of anilines is 1. The lowest BCUT2D eigenvalue weighted by molar-refractivity contribution is -0.137. The van der Waals surface area contributed by atoms with Crippen molar-refractivity contribution in [3.05, 3.63) is 42.0 Å². The molecule has 2 aliphatic rings. The monoisotopic (exact) mass is 381 g/mol. The first-order valence-corrected chi connectivity index (χ1v) is 8.99. The Labute approximate surface area is 155 Å². The SMILES string of the molecule is CC.O=C(c1ncn[nH]1)N1C[C@@H]2CN(c3ccccc3C(F)(F)F)C[C@@H]2C1. The van der Waals surface area contributed by atoms with E-state index >= 15 is 0 Å². The predicted molar refractivity (Wildman–Crippen MR) is 94.3 cm³/mol. The zero-order valence-corrected chi connectivity index (χ0v) is 15.2. The summed E-state index contributed by atoms with van der Waals surface area (Å²) in [6.45, 7) is 6.07. The highest BCUT2D eigenvalue weighted by atomic mass is 19.4. The number of para-hydroxylation sites is 1. The molecule has 0 bridgehead atoms. The molecule has 6 nitrogen and oxygen atoms in total. The normalized spacial score (nSPS) is 21.7. The van der Waals surface area contributed by atoms with Gasteiger partial charge < -0.3 is 9.80 Å². The smallest absolute Gasteiger partial charge is 0.370 e. The number of carbonyl (C=O) groups is 1. The van der Waals surface area contributed by atoms with Crippen molar-refractivity contribution in [3.63, 3.8) is 0 Å². The van der Waals surface area contributed by atoms with Gasteiger partial charge in [0.2, 0.25) is 5.82 Å². The van der Waals surface area contributed by atoms with Gasteiger partial charge in [-0.2, -0.15) is 18.3 Å². The minimum absolute atomic E-state index is 0.160. The van der Waals surface area contributed by atoms with Crippen LogP contribution in [0.5, 0.6) is 0 Å². The van der Waals surface area contributed by atoms with Gasteiger partial charge in [-0.15, -0.1) is 0 Å². The first-order chi connectivity index (χ1) is 12.9. The number of rotatable bonds is 2. The molecule has 9 heteroatoms. The lowest BCUT2D eigenvalue weighted by atomic mass is 10.0. The van der Waals surface area contributed by atoms with Gasteiger partial charge in [-0.3, -0.25) is 9.89 Å². The zero-order valence-electron chi connectivity index (χ0n) is 15.2. The Morgan fingerprint density at radius 1 is 1.11 bits per heavy atom. The molecule has 0 aliphatic carbocycles. The maximum absolute atomic E-state index is 13.2. The molecule has 1 N–H and O–H groups in total. The maximum Gasteiger partial charge on any atom is 0.418 e. The van der Waals surface area contributed by atoms with Crippen LogP contribution in [0.1, 0.15) is 30.0 Å². The van der Waals surface area contributed by atoms with Crippen molar-refractivity contribution in [2.24, 2.45) is 11.8 Å². The van der Waals surface area contributed by atoms with Crippen LogP contribution in [0.25, 0.3) is 0 Å². The lowest BCUT2D eigenvalue weighted by Gasteiger charge is -2.25. The Morgan fingerprint density at radius 2 is 1.74 bits per heavy atom. The van der Waals surface area contributed by atoms with E-state index in [9.17, 15) is 18.0 Å². The van der Waals surface area contributed by atoms with Crippen molar-refractivity contribution in [1.82, 2.24) is 20.1 Å². The summed E-state index contributed by atoms with van der Waals surface area (Å²) in [5, 5.41) is 6.22. The highest BCUT2D eigenvalue weighted by molar-refractivity contribution is 5.90. The van der Waals surface area contributed by atoms with Crippen LogP contribution in [-0.2, 0) is 6.18 Å². The number of nitrogens with zero attached hydrogens (tertiary/aromatic N) is 4. The molecule has 0 spiro atoms. The number of nitrogens with one attached hydrogen (secondary N) is 1. The molecule has 146 valence electrons. The van der Waals surface area contributed by atoms with Crippen molar-refractivity contribution in [2.45, 2.75) is 20.0 Å². The van der Waals surface area contributed by atoms with Gasteiger partial charge in [0.1, 0.15) is 6.33 Å². The average molecular weight is 381 g/mol. The fourth-order valence-corrected chi connectivity index (χ4v) is 3.80. The predicted octanol–water partition coefficient (Wildman–Crippen LogP) is 3.06. The van der Waals surface area contributed by atoms with Gasteiger partial charge in [-0.05, 0) is 12.1 Å². The van der Waals surface area contributed by atoms with Crippen LogP contribution in [0.4, 0.5) is 18.9 Å². The highest BCUT2D eigenvalue weighted by Gasteiger charge is 2.44. The number of likely N-dealkylation sites (tertiary alicyclic amines) is 1. The van der Waals surface area contributed by atoms with E-state index in [4.69, 9.17) is 0 Å². The lowest BCUT2D eigenvalue weighted by Crippen LogP contribution is -2.34. The van der Waals surface area contributed by atoms with E-state index in [0.29, 0.717) is 26.2 Å². The molecule has 1 aromatic carbocycles. The van der Waals surface area contributed by atoms with Crippen molar-refractivity contribution in [2.75, 3.05) is 31.1 Å². The summed E-state index contributed by atoms with van der Waals surface area (Å²) in [5.74, 6) is 0.301. The molecule has 27 heavy (non-hydrogen) atoms. The molecular weight excluding hydrogens is 359 g/mol. The molecule has 0 unspecified atom stereocenters. The van der Waals surface area contributed by atoms with Gasteiger partial charge in [-0.1, -0.05) is 26.0 Å². The number of benzene rings is 1. The number of alkyl halides is 3. The Kier molecular flexibility index (Phi) is 5.38. The third-order valence-corrected chi connectivity index (χ3v) is 4.94. The number of aromatic nitrogens is 3. The number of carbonyl (C=O) groups excluding carboxylic acids is 1. The number of amides is 1. The molecule has 0 saturated carbocycles. The second-order valence-electron chi connectivity index (χ2n) is 6.48. The minimum Gasteiger partial charge on any atom is -0.370 e. The second-order valence-corrected chi connectivity index (χ2v) is 6.48. The van der Waals surface area contributed by atoms with Crippen molar-refractivity contribution >= 4 is 11.6 Å². The fraction of sp³-hybridized carbons (Fsp3) is 0.500. The van der Waals surface area contributed by atoms with Crippen LogP contribution in [0.3, 0.4) is 0 Å². The Balaban J connectivity index is 0.00000102. The Morgan fingerprint density at radius 3 is 2.30 bits per heavy atom. The van der Waals surface area contributed by atoms with E-state index in [1.807, 2.05) is 13.8 Å². The number of fused-ring (bicyclic) bond motifs is 1. The van der Waals surface area contributed by atoms with Crippen molar-refractivity contribution in [1.29, 1.82) is 0 Å². The summed E-state index contributed by atoms with van der Waals surface area (Å²) in [4.78, 5) is 19.7. The van der Waals surface area contributed by atoms with Gasteiger partial charge in [0.15, 0.2) is 0 Å². The molecule has 4 rings (SSSR count). The standard InChI is InChI=1S/C16H16F3N5O.C2H6/c17-16(18,19)12-3-1-2-4-13(12)23-5-10-7-24(8-11(10)6-23)15(25)14-20-9-21-22-14;1-2/h1-4,9-11H,5-8H2,(H,20,21,22);1-2H3/t10-,11+;. The average Bonchev–Trinajstić information content (AvgIpc) is 3.38. The first kappa shape index (κ1) is 19.2. The number of hydrogen-bond acceptors (Lipinski definition) is 4. The highest BCUT2D eigenvalue weighted by Crippen LogP contribution is 2.40. The van der Waals surface area contributed by atoms with Crippen LogP contribution < -0.4 is 4.90 Å². The van der Waals surface area contributed by atoms with Crippen LogP contribution in [-0.4, -0.2) is 52.2 Å². The molecule has 2 saturated heterocycles. The molecule has 3 heterocycles. The number of halogens is 3. The van der Waals surface area contributed by atoms with Gasteiger partial charge in [0.05, 0.1) is 5.56 Å². The molecule has 1 amide bonds. The number of H-pyrrole nitrogens is 1. The summed E-state index contributed by atoms with van der Waals surface area (Å²) in [7, 11) is 0. The summed E-state index contributed by atoms with van der Waals surface area (Å²) in [6.07, 6.45) is -3.09. The largest absolute Gasteiger partial charge is 0.418 e. The van der Waals surface area contributed by atoms with Crippen molar-refractivity contribution < 1.29 is 18.0 Å². The number of hydrogen-bond donors (Lipinski definition) is 1. The third kappa shape index (κ3) is 3.77. The van der Waals surface area contributed by atoms with Gasteiger partial charge in [0, 0.05) is 43.7 Å². The van der Waals surface area contributed by atoms with Crippen LogP contribution in [0.2, 0.25) is 0 Å². The molecule has 2 aliphatic heterocycles. The zero-order chi connectivity index (χ0) is 19.6. The third-order valence-electron chi connectivity index (χ3n) is 4.94. The topological polar surface area (TPSA) is 65.1 Å². The van der Waals surface area contributed by atoms with E-state index < -0.39 is 11.7 Å². The molecule has 0 radical (unpaired) electrons. The summed E-state index contributed by atoms with van der Waals surface area (Å²) >= 11 is 0. The summed E-state index contributed by atoms with van der Waals surface area (Å²) in [6, 6.07) is 5.66. The van der Waals surface area contributed by atoms with Crippen molar-refractivity contribution in [3.8, 4) is 0 Å². The molecular formula is C18H22F3N5O. The van der Waals surface area contributed by atoms with E-state index in [2.05, 4.69) is 15.2 Å². The van der Waals surface area contributed by atoms with Gasteiger partial charge in [0.25, 0.3) is 5.91 Å². The summed E-state index contributed by atoms with van der Waals surface area (Å²) in [5.41, 5.74) is -0.387. The molecule has 1 aromatic heterocycles.